The van der Waals surface area contributed by atoms with Crippen molar-refractivity contribution in [1.29, 1.82) is 0 Å². The predicted octanol–water partition coefficient (Wildman–Crippen LogP) is 3.96. The van der Waals surface area contributed by atoms with Crippen LogP contribution in [0.2, 0.25) is 0 Å². The van der Waals surface area contributed by atoms with Gasteiger partial charge in [0.25, 0.3) is 5.91 Å². The number of anilines is 1. The molecule has 0 unspecified atom stereocenters. The highest BCUT2D eigenvalue weighted by atomic mass is 16.2. The smallest absolute Gasteiger partial charge is 0.274 e. The van der Waals surface area contributed by atoms with Crippen LogP contribution in [0.1, 0.15) is 16.1 Å². The fourth-order valence-corrected chi connectivity index (χ4v) is 4.43. The van der Waals surface area contributed by atoms with Gasteiger partial charge in [0, 0.05) is 44.5 Å². The van der Waals surface area contributed by atoms with E-state index in [2.05, 4.69) is 41.0 Å². The number of rotatable bonds is 6. The summed E-state index contributed by atoms with van der Waals surface area (Å²) < 4.78 is 1.86. The first-order valence-corrected chi connectivity index (χ1v) is 11.9. The lowest BCUT2D eigenvalue weighted by Crippen LogP contribution is -2.49. The van der Waals surface area contributed by atoms with E-state index < -0.39 is 0 Å². The minimum absolute atomic E-state index is 0.0363. The van der Waals surface area contributed by atoms with Gasteiger partial charge in [-0.25, -0.2) is 9.67 Å². The van der Waals surface area contributed by atoms with Crippen LogP contribution in [0.25, 0.3) is 16.9 Å². The third-order valence-corrected chi connectivity index (χ3v) is 6.20. The molecule has 0 atom stereocenters. The fraction of sp³-hybridized carbons (Fsp3) is 0.250. The Morgan fingerprint density at radius 3 is 2.20 bits per heavy atom. The molecule has 1 saturated heterocycles. The number of aromatic nitrogens is 3. The summed E-state index contributed by atoms with van der Waals surface area (Å²) in [5, 5.41) is 4.74. The van der Waals surface area contributed by atoms with Gasteiger partial charge < -0.3 is 14.7 Å². The van der Waals surface area contributed by atoms with Gasteiger partial charge in [-0.3, -0.25) is 4.79 Å². The van der Waals surface area contributed by atoms with Gasteiger partial charge in [0.15, 0.2) is 5.69 Å². The highest BCUT2D eigenvalue weighted by Gasteiger charge is 2.26. The number of amides is 1. The van der Waals surface area contributed by atoms with Crippen LogP contribution in [-0.4, -0.2) is 70.7 Å². The molecule has 3 heterocycles. The van der Waals surface area contributed by atoms with Crippen LogP contribution in [-0.2, 0) is 6.54 Å². The number of benzene rings is 2. The summed E-state index contributed by atoms with van der Waals surface area (Å²) in [6, 6.07) is 26.1. The number of hydrogen-bond donors (Lipinski definition) is 0. The lowest BCUT2D eigenvalue weighted by Gasteiger charge is -2.35. The third kappa shape index (κ3) is 5.10. The number of nitrogens with zero attached hydrogens (tertiary/aromatic N) is 6. The van der Waals surface area contributed by atoms with Gasteiger partial charge in [-0.1, -0.05) is 54.6 Å². The summed E-state index contributed by atoms with van der Waals surface area (Å²) in [7, 11) is 4.10. The Morgan fingerprint density at radius 1 is 0.886 bits per heavy atom. The number of carbonyl (C=O) groups excluding carboxylic acids is 1. The molecule has 4 aromatic rings. The molecule has 1 fully saturated rings. The van der Waals surface area contributed by atoms with Gasteiger partial charge >= 0.3 is 0 Å². The second-order valence-electron chi connectivity index (χ2n) is 9.07. The zero-order valence-corrected chi connectivity index (χ0v) is 20.2. The predicted molar refractivity (Wildman–Crippen MR) is 139 cm³/mol. The second-order valence-corrected chi connectivity index (χ2v) is 9.07. The Labute approximate surface area is 206 Å². The molecule has 7 nitrogen and oxygen atoms in total. The minimum atomic E-state index is -0.0363. The molecule has 0 bridgehead atoms. The second kappa shape index (κ2) is 10.1. The standard InChI is InChI=1S/C28H30N6O/c1-31(2)21-22-13-14-27(29-20-22)32-15-17-33(18-16-32)28(35)25-19-26(23-9-5-3-6-10-23)34(30-25)24-11-7-4-8-12-24/h3-14,19-20H,15-18,21H2,1-2H3. The van der Waals surface area contributed by atoms with Crippen LogP contribution in [0.4, 0.5) is 5.82 Å². The van der Waals surface area contributed by atoms with E-state index in [1.165, 1.54) is 5.56 Å². The molecule has 1 aliphatic heterocycles. The molecule has 7 heteroatoms. The summed E-state index contributed by atoms with van der Waals surface area (Å²) in [6.07, 6.45) is 1.94. The van der Waals surface area contributed by atoms with Crippen molar-refractivity contribution in [3.63, 3.8) is 0 Å². The molecular formula is C28H30N6O. The van der Waals surface area contributed by atoms with E-state index in [-0.39, 0.29) is 5.91 Å². The van der Waals surface area contributed by atoms with Crippen LogP contribution in [0.5, 0.6) is 0 Å². The van der Waals surface area contributed by atoms with Gasteiger partial charge in [-0.15, -0.1) is 0 Å². The first-order valence-electron chi connectivity index (χ1n) is 11.9. The molecule has 1 amide bonds. The number of hydrogen-bond acceptors (Lipinski definition) is 5. The van der Waals surface area contributed by atoms with E-state index in [4.69, 9.17) is 5.10 Å². The van der Waals surface area contributed by atoms with Crippen LogP contribution in [0.3, 0.4) is 0 Å². The lowest BCUT2D eigenvalue weighted by atomic mass is 10.1. The molecule has 178 valence electrons. The Morgan fingerprint density at radius 2 is 1.57 bits per heavy atom. The first-order chi connectivity index (χ1) is 17.1. The molecule has 0 spiro atoms. The molecule has 1 aliphatic rings. The largest absolute Gasteiger partial charge is 0.353 e. The van der Waals surface area contributed by atoms with Gasteiger partial charge in [0.2, 0.25) is 0 Å². The quantitative estimate of drug-likeness (QED) is 0.431. The monoisotopic (exact) mass is 466 g/mol. The maximum Gasteiger partial charge on any atom is 0.274 e. The SMILES string of the molecule is CN(C)Cc1ccc(N2CCN(C(=O)c3cc(-c4ccccc4)n(-c4ccccc4)n3)CC2)nc1. The molecule has 0 saturated carbocycles. The summed E-state index contributed by atoms with van der Waals surface area (Å²) in [5.41, 5.74) is 4.51. The van der Waals surface area contributed by atoms with Crippen molar-refractivity contribution in [1.82, 2.24) is 24.6 Å². The fourth-order valence-electron chi connectivity index (χ4n) is 4.43. The summed E-state index contributed by atoms with van der Waals surface area (Å²) in [5.74, 6) is 0.921. The normalized spacial score (nSPS) is 13.9. The van der Waals surface area contributed by atoms with Crippen LogP contribution < -0.4 is 4.90 Å². The van der Waals surface area contributed by atoms with E-state index in [1.54, 1.807) is 0 Å². The molecular weight excluding hydrogens is 436 g/mol. The van der Waals surface area contributed by atoms with Crippen molar-refractivity contribution >= 4 is 11.7 Å². The minimum Gasteiger partial charge on any atom is -0.353 e. The van der Waals surface area contributed by atoms with Crippen molar-refractivity contribution < 1.29 is 4.79 Å². The number of para-hydroxylation sites is 1. The Hall–Kier alpha value is -3.97. The van der Waals surface area contributed by atoms with Gasteiger partial charge in [-0.2, -0.15) is 5.10 Å². The van der Waals surface area contributed by atoms with Crippen molar-refractivity contribution in [2.24, 2.45) is 0 Å². The molecule has 0 aliphatic carbocycles. The topological polar surface area (TPSA) is 57.5 Å². The highest BCUT2D eigenvalue weighted by molar-refractivity contribution is 5.94. The molecule has 0 N–H and O–H groups in total. The average Bonchev–Trinajstić information content (AvgIpc) is 3.35. The van der Waals surface area contributed by atoms with E-state index in [1.807, 2.05) is 82.5 Å². The molecule has 5 rings (SSSR count). The Bertz CT molecular complexity index is 1200. The number of pyridine rings is 1. The van der Waals surface area contributed by atoms with E-state index >= 15 is 0 Å². The van der Waals surface area contributed by atoms with Gasteiger partial charge in [-0.05, 0) is 43.9 Å². The molecule has 2 aromatic heterocycles. The molecule has 35 heavy (non-hydrogen) atoms. The van der Waals surface area contributed by atoms with Gasteiger partial charge in [0.05, 0.1) is 11.4 Å². The van der Waals surface area contributed by atoms with E-state index in [9.17, 15) is 4.79 Å². The molecule has 0 radical (unpaired) electrons. The summed E-state index contributed by atoms with van der Waals surface area (Å²) in [4.78, 5) is 24.3. The summed E-state index contributed by atoms with van der Waals surface area (Å²) in [6.45, 7) is 3.64. The third-order valence-electron chi connectivity index (χ3n) is 6.20. The zero-order chi connectivity index (χ0) is 24.2. The van der Waals surface area contributed by atoms with Crippen molar-refractivity contribution in [2.75, 3.05) is 45.2 Å². The molecule has 2 aromatic carbocycles. The number of carbonyl (C=O) groups is 1. The van der Waals surface area contributed by atoms with Crippen LogP contribution >= 0.6 is 0 Å². The first kappa shape index (κ1) is 22.8. The Kier molecular flexibility index (Phi) is 6.59. The van der Waals surface area contributed by atoms with E-state index in [0.717, 1.165) is 42.4 Å². The van der Waals surface area contributed by atoms with Crippen LogP contribution in [0.15, 0.2) is 85.1 Å². The number of piperazine rings is 1. The van der Waals surface area contributed by atoms with Crippen molar-refractivity contribution in [3.05, 3.63) is 96.3 Å². The zero-order valence-electron chi connectivity index (χ0n) is 20.2. The summed E-state index contributed by atoms with van der Waals surface area (Å²) >= 11 is 0. The van der Waals surface area contributed by atoms with Crippen molar-refractivity contribution in [3.8, 4) is 16.9 Å². The lowest BCUT2D eigenvalue weighted by molar-refractivity contribution is 0.0740. The van der Waals surface area contributed by atoms with Crippen molar-refractivity contribution in [2.45, 2.75) is 6.54 Å². The highest BCUT2D eigenvalue weighted by Crippen LogP contribution is 2.25. The Balaban J connectivity index is 1.32. The van der Waals surface area contributed by atoms with Gasteiger partial charge in [0.1, 0.15) is 5.82 Å². The maximum absolute atomic E-state index is 13.4. The average molecular weight is 467 g/mol. The van der Waals surface area contributed by atoms with E-state index in [0.29, 0.717) is 18.8 Å². The maximum atomic E-state index is 13.4. The van der Waals surface area contributed by atoms with Crippen LogP contribution in [0, 0.1) is 0 Å².